The van der Waals surface area contributed by atoms with E-state index in [9.17, 15) is 15.0 Å². The van der Waals surface area contributed by atoms with E-state index in [2.05, 4.69) is 43.5 Å². The van der Waals surface area contributed by atoms with Gasteiger partial charge in [-0.25, -0.2) is 0 Å². The molecule has 0 spiro atoms. The highest BCUT2D eigenvalue weighted by Crippen LogP contribution is 2.12. The van der Waals surface area contributed by atoms with Gasteiger partial charge in [0.15, 0.2) is 0 Å². The lowest BCUT2D eigenvalue weighted by atomic mass is 10.1. The fourth-order valence-corrected chi connectivity index (χ4v) is 6.83. The molecule has 0 aromatic rings. The maximum Gasteiger partial charge on any atom is 0.220 e. The van der Waals surface area contributed by atoms with Crippen molar-refractivity contribution < 1.29 is 24.5 Å². The van der Waals surface area contributed by atoms with Crippen LogP contribution in [0.2, 0.25) is 0 Å². The van der Waals surface area contributed by atoms with Crippen LogP contribution in [0.3, 0.4) is 0 Å². The third kappa shape index (κ3) is 41.9. The molecule has 0 radical (unpaired) electrons. The first kappa shape index (κ1) is 52.8. The van der Waals surface area contributed by atoms with Gasteiger partial charge in [-0.15, -0.1) is 0 Å². The smallest absolute Gasteiger partial charge is 0.220 e. The van der Waals surface area contributed by atoms with E-state index >= 15 is 0 Å². The Morgan fingerprint density at radius 1 is 0.537 bits per heavy atom. The molecular formula is C47H92N2O5. The predicted molar refractivity (Wildman–Crippen MR) is 232 cm³/mol. The molecule has 0 saturated carbocycles. The van der Waals surface area contributed by atoms with Gasteiger partial charge in [0.1, 0.15) is 0 Å². The number of ether oxygens (including phenoxy) is 2. The number of unbranched alkanes of at least 4 members (excludes halogenated alkanes) is 24. The van der Waals surface area contributed by atoms with E-state index < -0.39 is 0 Å². The Balaban J connectivity index is 4.15. The second-order valence-electron chi connectivity index (χ2n) is 15.6. The lowest BCUT2D eigenvalue weighted by molar-refractivity contribution is -0.122. The van der Waals surface area contributed by atoms with Crippen LogP contribution < -0.4 is 5.32 Å². The molecular weight excluding hydrogens is 673 g/mol. The first-order valence-electron chi connectivity index (χ1n) is 23.4. The number of hydrogen-bond donors (Lipinski definition) is 3. The maximum atomic E-state index is 12.6. The zero-order valence-electron chi connectivity index (χ0n) is 36.0. The molecule has 0 aromatic heterocycles. The summed E-state index contributed by atoms with van der Waals surface area (Å²) in [6, 6.07) is 0. The van der Waals surface area contributed by atoms with Crippen molar-refractivity contribution in [1.29, 1.82) is 0 Å². The Kier molecular flexibility index (Phi) is 45.1. The molecule has 1 amide bonds. The number of carbonyl (C=O) groups is 1. The second-order valence-corrected chi connectivity index (χ2v) is 15.6. The molecule has 3 N–H and O–H groups in total. The van der Waals surface area contributed by atoms with Crippen molar-refractivity contribution >= 4 is 5.91 Å². The van der Waals surface area contributed by atoms with Crippen LogP contribution in [0, 0.1) is 0 Å². The second kappa shape index (κ2) is 46.1. The van der Waals surface area contributed by atoms with Crippen molar-refractivity contribution in [3.63, 3.8) is 0 Å². The lowest BCUT2D eigenvalue weighted by Gasteiger charge is -2.20. The summed E-state index contributed by atoms with van der Waals surface area (Å²) in [5.74, 6) is 0.0158. The van der Waals surface area contributed by atoms with Crippen LogP contribution in [0.1, 0.15) is 206 Å². The number of nitrogens with zero attached hydrogens (tertiary/aromatic N) is 1. The highest BCUT2D eigenvalue weighted by atomic mass is 16.5. The van der Waals surface area contributed by atoms with Crippen molar-refractivity contribution in [3.05, 3.63) is 24.3 Å². The Morgan fingerprint density at radius 2 is 0.944 bits per heavy atom. The topological polar surface area (TPSA) is 91.3 Å². The quantitative estimate of drug-likeness (QED) is 0.0422. The minimum atomic E-state index is -0.133. The summed E-state index contributed by atoms with van der Waals surface area (Å²) < 4.78 is 12.3. The van der Waals surface area contributed by atoms with Gasteiger partial charge in [0, 0.05) is 39.3 Å². The van der Waals surface area contributed by atoms with Gasteiger partial charge in [-0.05, 0) is 77.2 Å². The molecule has 0 aliphatic rings. The van der Waals surface area contributed by atoms with Crippen molar-refractivity contribution in [2.24, 2.45) is 0 Å². The molecule has 0 bridgehead atoms. The zero-order valence-corrected chi connectivity index (χ0v) is 36.0. The van der Waals surface area contributed by atoms with Crippen molar-refractivity contribution in [2.75, 3.05) is 59.2 Å². The summed E-state index contributed by atoms with van der Waals surface area (Å²) in [4.78, 5) is 14.6. The molecule has 0 rings (SSSR count). The Bertz CT molecular complexity index is 786. The van der Waals surface area contributed by atoms with Gasteiger partial charge in [0.2, 0.25) is 5.91 Å². The molecule has 0 heterocycles. The molecule has 7 nitrogen and oxygen atoms in total. The number of amides is 1. The Labute approximate surface area is 335 Å². The Hall–Kier alpha value is -1.25. The average Bonchev–Trinajstić information content (AvgIpc) is 3.17. The number of nitrogens with one attached hydrogen (secondary N) is 1. The fourth-order valence-electron chi connectivity index (χ4n) is 6.83. The molecule has 54 heavy (non-hydrogen) atoms. The maximum absolute atomic E-state index is 12.6. The molecule has 0 aromatic carbocycles. The molecule has 0 aliphatic carbocycles. The number of aliphatic hydroxyl groups is 2. The molecule has 1 atom stereocenters. The van der Waals surface area contributed by atoms with Gasteiger partial charge in [-0.1, -0.05) is 154 Å². The molecule has 0 fully saturated rings. The van der Waals surface area contributed by atoms with E-state index in [4.69, 9.17) is 9.47 Å². The van der Waals surface area contributed by atoms with E-state index in [1.165, 1.54) is 167 Å². The molecule has 1 unspecified atom stereocenters. The highest BCUT2D eigenvalue weighted by Gasteiger charge is 2.13. The normalized spacial score (nSPS) is 12.5. The van der Waals surface area contributed by atoms with Gasteiger partial charge < -0.3 is 25.0 Å². The minimum Gasteiger partial charge on any atom is -0.395 e. The van der Waals surface area contributed by atoms with Gasteiger partial charge >= 0.3 is 0 Å². The van der Waals surface area contributed by atoms with E-state index in [1.54, 1.807) is 0 Å². The summed E-state index contributed by atoms with van der Waals surface area (Å²) in [6.45, 7) is 8.81. The van der Waals surface area contributed by atoms with Crippen LogP contribution in [0.15, 0.2) is 24.3 Å². The average molecular weight is 765 g/mol. The molecule has 320 valence electrons. The predicted octanol–water partition coefficient (Wildman–Crippen LogP) is 11.6. The Morgan fingerprint density at radius 3 is 1.39 bits per heavy atom. The van der Waals surface area contributed by atoms with Crippen LogP contribution in [0.4, 0.5) is 0 Å². The third-order valence-electron chi connectivity index (χ3n) is 10.4. The SMILES string of the molecule is CCCCCCCCC=CCCCCCCCCOCC(CNC(=O)CCCN(CCO)CCO)OCCCCCCCCC=CCCCCCCCC. The van der Waals surface area contributed by atoms with Crippen molar-refractivity contribution in [2.45, 2.75) is 213 Å². The summed E-state index contributed by atoms with van der Waals surface area (Å²) in [5.41, 5.74) is 0. The van der Waals surface area contributed by atoms with Crippen LogP contribution in [0.5, 0.6) is 0 Å². The van der Waals surface area contributed by atoms with E-state index in [1.807, 2.05) is 4.90 Å². The number of hydrogen-bond acceptors (Lipinski definition) is 6. The summed E-state index contributed by atoms with van der Waals surface area (Å²) in [6.07, 6.45) is 46.8. The number of carbonyl (C=O) groups excluding carboxylic acids is 1. The van der Waals surface area contributed by atoms with Gasteiger partial charge in [0.05, 0.1) is 25.9 Å². The van der Waals surface area contributed by atoms with Crippen LogP contribution in [-0.2, 0) is 14.3 Å². The number of aliphatic hydroxyl groups excluding tert-OH is 2. The van der Waals surface area contributed by atoms with Crippen molar-refractivity contribution in [3.8, 4) is 0 Å². The minimum absolute atomic E-state index is 0.0158. The third-order valence-corrected chi connectivity index (χ3v) is 10.4. The summed E-state index contributed by atoms with van der Waals surface area (Å²) in [5, 5.41) is 21.5. The van der Waals surface area contributed by atoms with E-state index in [-0.39, 0.29) is 25.2 Å². The number of rotatable bonds is 45. The first-order chi connectivity index (χ1) is 26.7. The van der Waals surface area contributed by atoms with Crippen LogP contribution >= 0.6 is 0 Å². The summed E-state index contributed by atoms with van der Waals surface area (Å²) in [7, 11) is 0. The van der Waals surface area contributed by atoms with Crippen LogP contribution in [-0.4, -0.2) is 86.3 Å². The highest BCUT2D eigenvalue weighted by molar-refractivity contribution is 5.75. The van der Waals surface area contributed by atoms with E-state index in [0.29, 0.717) is 52.2 Å². The van der Waals surface area contributed by atoms with Crippen LogP contribution in [0.25, 0.3) is 0 Å². The molecule has 7 heteroatoms. The first-order valence-corrected chi connectivity index (χ1v) is 23.4. The lowest BCUT2D eigenvalue weighted by Crippen LogP contribution is -2.37. The largest absolute Gasteiger partial charge is 0.395 e. The zero-order chi connectivity index (χ0) is 39.3. The van der Waals surface area contributed by atoms with Gasteiger partial charge in [-0.2, -0.15) is 0 Å². The molecule has 0 saturated heterocycles. The van der Waals surface area contributed by atoms with Gasteiger partial charge in [0.25, 0.3) is 0 Å². The number of allylic oxidation sites excluding steroid dienone is 4. The van der Waals surface area contributed by atoms with Crippen molar-refractivity contribution in [1.82, 2.24) is 10.2 Å². The monoisotopic (exact) mass is 765 g/mol. The fraction of sp³-hybridized carbons (Fsp3) is 0.894. The standard InChI is InChI=1S/C47H92N2O5/c1-3-5-7-9-11-13-15-17-19-21-23-25-27-29-31-33-42-53-45-46(44-48-47(52)36-35-37-49(38-40-50)39-41-51)54-43-34-32-30-28-26-24-22-20-18-16-14-12-10-8-6-4-2/h17-20,46,50-51H,3-16,21-45H2,1-2H3,(H,48,52). The summed E-state index contributed by atoms with van der Waals surface area (Å²) >= 11 is 0. The van der Waals surface area contributed by atoms with Gasteiger partial charge in [-0.3, -0.25) is 9.69 Å². The van der Waals surface area contributed by atoms with E-state index in [0.717, 1.165) is 19.4 Å². The molecule has 0 aliphatic heterocycles.